The molecule has 0 unspecified atom stereocenters. The highest BCUT2D eigenvalue weighted by atomic mass is 35.5. The van der Waals surface area contributed by atoms with Crippen LogP contribution in [0.2, 0.25) is 5.02 Å². The van der Waals surface area contributed by atoms with E-state index in [-0.39, 0.29) is 29.0 Å². The van der Waals surface area contributed by atoms with Crippen LogP contribution in [0.15, 0.2) is 23.1 Å². The van der Waals surface area contributed by atoms with E-state index in [1.54, 1.807) is 6.92 Å². The van der Waals surface area contributed by atoms with Gasteiger partial charge in [-0.25, -0.2) is 8.42 Å². The van der Waals surface area contributed by atoms with Crippen molar-refractivity contribution in [1.82, 2.24) is 4.31 Å². The minimum absolute atomic E-state index is 0.0906. The molecule has 2 rings (SSSR count). The van der Waals surface area contributed by atoms with Gasteiger partial charge in [0.1, 0.15) is 5.75 Å². The Morgan fingerprint density at radius 1 is 1.43 bits per heavy atom. The summed E-state index contributed by atoms with van der Waals surface area (Å²) < 4.78 is 36.8. The molecule has 0 aromatic heterocycles. The summed E-state index contributed by atoms with van der Waals surface area (Å²) in [5, 5.41) is 0.229. The van der Waals surface area contributed by atoms with Crippen LogP contribution >= 0.6 is 11.6 Å². The van der Waals surface area contributed by atoms with Crippen LogP contribution in [-0.4, -0.2) is 45.5 Å². The molecule has 0 spiro atoms. The van der Waals surface area contributed by atoms with Crippen molar-refractivity contribution in [3.05, 3.63) is 23.2 Å². The van der Waals surface area contributed by atoms with Crippen molar-refractivity contribution in [3.8, 4) is 5.75 Å². The summed E-state index contributed by atoms with van der Waals surface area (Å²) in [4.78, 5) is 12.0. The number of esters is 1. The van der Waals surface area contributed by atoms with Gasteiger partial charge in [0.05, 0.1) is 29.6 Å². The van der Waals surface area contributed by atoms with E-state index in [1.165, 1.54) is 29.6 Å². The Balaban J connectivity index is 2.21. The molecule has 0 amide bonds. The summed E-state index contributed by atoms with van der Waals surface area (Å²) in [6, 6.07) is 4.33. The summed E-state index contributed by atoms with van der Waals surface area (Å²) in [7, 11) is -2.24. The van der Waals surface area contributed by atoms with E-state index >= 15 is 0 Å². The maximum absolute atomic E-state index is 12.7. The van der Waals surface area contributed by atoms with Crippen LogP contribution < -0.4 is 4.74 Å². The van der Waals surface area contributed by atoms with Crippen molar-refractivity contribution >= 4 is 27.6 Å². The molecule has 0 bridgehead atoms. The molecule has 1 heterocycles. The normalized spacial score (nSPS) is 19.3. The average molecular weight is 362 g/mol. The van der Waals surface area contributed by atoms with Gasteiger partial charge in [0.15, 0.2) is 0 Å². The number of nitrogens with zero attached hydrogens (tertiary/aromatic N) is 1. The summed E-state index contributed by atoms with van der Waals surface area (Å²) in [5.41, 5.74) is 0. The lowest BCUT2D eigenvalue weighted by atomic mass is 10.0. The van der Waals surface area contributed by atoms with Crippen molar-refractivity contribution in [2.75, 3.05) is 26.8 Å². The fourth-order valence-electron chi connectivity index (χ4n) is 2.57. The Labute approximate surface area is 141 Å². The van der Waals surface area contributed by atoms with Gasteiger partial charge in [-0.1, -0.05) is 11.6 Å². The van der Waals surface area contributed by atoms with Crippen LogP contribution in [-0.2, 0) is 19.6 Å². The number of carbonyl (C=O) groups excluding carboxylic acids is 1. The molecule has 6 nitrogen and oxygen atoms in total. The first-order chi connectivity index (χ1) is 10.9. The highest BCUT2D eigenvalue weighted by Crippen LogP contribution is 2.30. The van der Waals surface area contributed by atoms with Gasteiger partial charge < -0.3 is 9.47 Å². The molecule has 8 heteroatoms. The van der Waals surface area contributed by atoms with Crippen LogP contribution in [0, 0.1) is 5.92 Å². The van der Waals surface area contributed by atoms with Gasteiger partial charge in [-0.2, -0.15) is 4.31 Å². The van der Waals surface area contributed by atoms with Crippen LogP contribution in [0.25, 0.3) is 0 Å². The fourth-order valence-corrected chi connectivity index (χ4v) is 4.44. The second-order valence-corrected chi connectivity index (χ2v) is 7.60. The Bertz CT molecular complexity index is 676. The monoisotopic (exact) mass is 361 g/mol. The third-order valence-corrected chi connectivity index (χ3v) is 5.92. The Kier molecular flexibility index (Phi) is 5.89. The molecule has 0 saturated carbocycles. The van der Waals surface area contributed by atoms with Crippen LogP contribution in [0.1, 0.15) is 19.8 Å². The number of halogens is 1. The van der Waals surface area contributed by atoms with Gasteiger partial charge in [-0.3, -0.25) is 4.79 Å². The molecule has 1 saturated heterocycles. The maximum atomic E-state index is 12.7. The number of benzene rings is 1. The number of piperidine rings is 1. The topological polar surface area (TPSA) is 72.9 Å². The molecule has 1 aromatic rings. The number of methoxy groups -OCH3 is 1. The molecule has 1 fully saturated rings. The van der Waals surface area contributed by atoms with E-state index in [4.69, 9.17) is 21.1 Å². The van der Waals surface area contributed by atoms with Crippen molar-refractivity contribution < 1.29 is 22.7 Å². The van der Waals surface area contributed by atoms with Gasteiger partial charge >= 0.3 is 5.97 Å². The van der Waals surface area contributed by atoms with Crippen molar-refractivity contribution in [2.45, 2.75) is 24.7 Å². The minimum atomic E-state index is -3.71. The Morgan fingerprint density at radius 2 is 2.17 bits per heavy atom. The molecule has 0 aliphatic carbocycles. The predicted molar refractivity (Wildman–Crippen MR) is 86.1 cm³/mol. The second-order valence-electron chi connectivity index (χ2n) is 5.25. The molecule has 1 aliphatic heterocycles. The van der Waals surface area contributed by atoms with E-state index in [9.17, 15) is 13.2 Å². The van der Waals surface area contributed by atoms with Crippen LogP contribution in [0.4, 0.5) is 0 Å². The van der Waals surface area contributed by atoms with Gasteiger partial charge in [0.25, 0.3) is 0 Å². The molecule has 0 radical (unpaired) electrons. The summed E-state index contributed by atoms with van der Waals surface area (Å²) in [6.45, 7) is 2.53. The lowest BCUT2D eigenvalue weighted by molar-refractivity contribution is -0.149. The lowest BCUT2D eigenvalue weighted by Gasteiger charge is -2.30. The molecule has 0 N–H and O–H groups in total. The first-order valence-electron chi connectivity index (χ1n) is 7.40. The van der Waals surface area contributed by atoms with E-state index in [0.29, 0.717) is 25.1 Å². The molecule has 128 valence electrons. The molecule has 1 atom stereocenters. The van der Waals surface area contributed by atoms with E-state index in [0.717, 1.165) is 0 Å². The van der Waals surface area contributed by atoms with Crippen LogP contribution in [0.5, 0.6) is 5.75 Å². The van der Waals surface area contributed by atoms with Crippen LogP contribution in [0.3, 0.4) is 0 Å². The first kappa shape index (κ1) is 18.0. The SMILES string of the molecule is CCOC(=O)[C@H]1CCCN(S(=O)(=O)c2ccc(OC)c(Cl)c2)C1. The molecular formula is C15H20ClNO5S. The smallest absolute Gasteiger partial charge is 0.310 e. The second kappa shape index (κ2) is 7.51. The van der Waals surface area contributed by atoms with Crippen molar-refractivity contribution in [3.63, 3.8) is 0 Å². The number of hydrogen-bond donors (Lipinski definition) is 0. The number of rotatable bonds is 5. The minimum Gasteiger partial charge on any atom is -0.495 e. The summed E-state index contributed by atoms with van der Waals surface area (Å²) in [5.74, 6) is -0.360. The van der Waals surface area contributed by atoms with Crippen molar-refractivity contribution in [2.24, 2.45) is 5.92 Å². The highest BCUT2D eigenvalue weighted by molar-refractivity contribution is 7.89. The number of carbonyl (C=O) groups is 1. The average Bonchev–Trinajstić information content (AvgIpc) is 2.55. The quantitative estimate of drug-likeness (QED) is 0.752. The number of sulfonamides is 1. The highest BCUT2D eigenvalue weighted by Gasteiger charge is 2.34. The largest absolute Gasteiger partial charge is 0.495 e. The maximum Gasteiger partial charge on any atom is 0.310 e. The predicted octanol–water partition coefficient (Wildman–Crippen LogP) is 2.31. The molecule has 1 aromatic carbocycles. The molecular weight excluding hydrogens is 342 g/mol. The summed E-state index contributed by atoms with van der Waals surface area (Å²) >= 11 is 6.01. The third kappa shape index (κ3) is 3.97. The first-order valence-corrected chi connectivity index (χ1v) is 9.22. The number of ether oxygens (including phenoxy) is 2. The van der Waals surface area contributed by atoms with Gasteiger partial charge in [-0.15, -0.1) is 0 Å². The Hall–Kier alpha value is -1.31. The van der Waals surface area contributed by atoms with Gasteiger partial charge in [0, 0.05) is 13.1 Å². The van der Waals surface area contributed by atoms with E-state index in [1.807, 2.05) is 0 Å². The zero-order valence-corrected chi connectivity index (χ0v) is 14.7. The molecule has 23 heavy (non-hydrogen) atoms. The molecule has 1 aliphatic rings. The van der Waals surface area contributed by atoms with Gasteiger partial charge in [0.2, 0.25) is 10.0 Å². The fraction of sp³-hybridized carbons (Fsp3) is 0.533. The van der Waals surface area contributed by atoms with Crippen molar-refractivity contribution in [1.29, 1.82) is 0 Å². The third-order valence-electron chi connectivity index (χ3n) is 3.77. The van der Waals surface area contributed by atoms with Gasteiger partial charge in [-0.05, 0) is 38.0 Å². The standard InChI is InChI=1S/C15H20ClNO5S/c1-3-22-15(18)11-5-4-8-17(10-11)23(19,20)12-6-7-14(21-2)13(16)9-12/h6-7,9,11H,3-5,8,10H2,1-2H3/t11-/m0/s1. The zero-order chi connectivity index (χ0) is 17.0. The zero-order valence-electron chi connectivity index (χ0n) is 13.1. The Morgan fingerprint density at radius 3 is 2.78 bits per heavy atom. The van der Waals surface area contributed by atoms with E-state index < -0.39 is 15.9 Å². The lowest BCUT2D eigenvalue weighted by Crippen LogP contribution is -2.42. The number of hydrogen-bond acceptors (Lipinski definition) is 5. The van der Waals surface area contributed by atoms with E-state index in [2.05, 4.69) is 0 Å². The summed E-state index contributed by atoms with van der Waals surface area (Å²) in [6.07, 6.45) is 1.25.